The minimum Gasteiger partial charge on any atom is -0.374 e. The fourth-order valence-electron chi connectivity index (χ4n) is 2.12. The van der Waals surface area contributed by atoms with Crippen molar-refractivity contribution >= 4 is 29.3 Å². The molecule has 0 aliphatic carbocycles. The molecule has 8 heteroatoms. The van der Waals surface area contributed by atoms with E-state index in [1.807, 2.05) is 30.3 Å². The Bertz CT molecular complexity index is 831. The van der Waals surface area contributed by atoms with Crippen LogP contribution in [0.15, 0.2) is 36.7 Å². The molecule has 2 heterocycles. The Labute approximate surface area is 138 Å². The number of ether oxygens (including phenoxy) is 2. The number of nitrogens with zero attached hydrogens (tertiary/aromatic N) is 3. The molecule has 3 rings (SSSR count). The van der Waals surface area contributed by atoms with Crippen molar-refractivity contribution in [3.8, 4) is 0 Å². The van der Waals surface area contributed by atoms with Crippen molar-refractivity contribution < 1.29 is 9.47 Å². The second-order valence-electron chi connectivity index (χ2n) is 4.91. The summed E-state index contributed by atoms with van der Waals surface area (Å²) in [7, 11) is 0. The number of nitrogens with one attached hydrogen (secondary N) is 1. The standard InChI is InChI=1S/C15H17N5O2S/c16-15-18-13-12(14(23)19-15)17-9-20(13)10-22-7-6-21-8-11-4-2-1-3-5-11/h1-5,9H,6-8,10H2,(H3,16,18,19,23). The van der Waals surface area contributed by atoms with Gasteiger partial charge in [-0.2, -0.15) is 0 Å². The number of rotatable bonds is 7. The molecule has 0 aliphatic rings. The highest BCUT2D eigenvalue weighted by atomic mass is 32.1. The predicted molar refractivity (Wildman–Crippen MR) is 89.2 cm³/mol. The predicted octanol–water partition coefficient (Wildman–Crippen LogP) is 2.26. The van der Waals surface area contributed by atoms with Gasteiger partial charge in [0.15, 0.2) is 10.6 Å². The lowest BCUT2D eigenvalue weighted by atomic mass is 10.2. The van der Waals surface area contributed by atoms with Crippen LogP contribution in [-0.4, -0.2) is 32.7 Å². The first kappa shape index (κ1) is 15.6. The average molecular weight is 331 g/mol. The number of nitrogens with two attached hydrogens (primary N) is 1. The van der Waals surface area contributed by atoms with E-state index in [4.69, 9.17) is 27.4 Å². The maximum absolute atomic E-state index is 5.67. The Hall–Kier alpha value is -2.29. The van der Waals surface area contributed by atoms with Gasteiger partial charge in [0.1, 0.15) is 17.9 Å². The molecule has 3 aromatic rings. The summed E-state index contributed by atoms with van der Waals surface area (Å²) in [4.78, 5) is 11.1. The van der Waals surface area contributed by atoms with Gasteiger partial charge in [-0.25, -0.2) is 9.97 Å². The maximum atomic E-state index is 5.67. The molecule has 120 valence electrons. The topological polar surface area (TPSA) is 91.0 Å². The number of aromatic amines is 1. The highest BCUT2D eigenvalue weighted by Crippen LogP contribution is 2.12. The Kier molecular flexibility index (Phi) is 4.96. The van der Waals surface area contributed by atoms with E-state index in [0.29, 0.717) is 42.4 Å². The van der Waals surface area contributed by atoms with Crippen LogP contribution in [0.4, 0.5) is 5.95 Å². The minimum absolute atomic E-state index is 0.260. The minimum atomic E-state index is 0.260. The molecule has 0 fully saturated rings. The highest BCUT2D eigenvalue weighted by Gasteiger charge is 2.06. The molecule has 0 unspecified atom stereocenters. The monoisotopic (exact) mass is 331 g/mol. The summed E-state index contributed by atoms with van der Waals surface area (Å²) in [5, 5.41) is 0. The number of H-pyrrole nitrogens is 1. The van der Waals surface area contributed by atoms with Crippen molar-refractivity contribution in [3.05, 3.63) is 46.9 Å². The second-order valence-corrected chi connectivity index (χ2v) is 5.30. The number of imidazole rings is 1. The number of hydrogen-bond acceptors (Lipinski definition) is 6. The lowest BCUT2D eigenvalue weighted by Crippen LogP contribution is -2.08. The quantitative estimate of drug-likeness (QED) is 0.510. The Balaban J connectivity index is 1.47. The van der Waals surface area contributed by atoms with Crippen molar-refractivity contribution in [1.82, 2.24) is 19.5 Å². The van der Waals surface area contributed by atoms with E-state index in [9.17, 15) is 0 Å². The van der Waals surface area contributed by atoms with Gasteiger partial charge in [0.25, 0.3) is 0 Å². The normalized spacial score (nSPS) is 11.1. The van der Waals surface area contributed by atoms with Crippen molar-refractivity contribution in [2.75, 3.05) is 18.9 Å². The summed E-state index contributed by atoms with van der Waals surface area (Å²) in [6.07, 6.45) is 1.64. The van der Waals surface area contributed by atoms with Crippen LogP contribution in [0.2, 0.25) is 0 Å². The van der Waals surface area contributed by atoms with Crippen LogP contribution in [-0.2, 0) is 22.8 Å². The van der Waals surface area contributed by atoms with Crippen molar-refractivity contribution in [2.24, 2.45) is 0 Å². The fraction of sp³-hybridized carbons (Fsp3) is 0.267. The molecule has 0 bridgehead atoms. The summed E-state index contributed by atoms with van der Waals surface area (Å²) in [5.74, 6) is 0.260. The molecular weight excluding hydrogens is 314 g/mol. The number of aromatic nitrogens is 4. The zero-order valence-electron chi connectivity index (χ0n) is 12.4. The summed E-state index contributed by atoms with van der Waals surface area (Å²) in [6, 6.07) is 10.0. The molecule has 0 saturated heterocycles. The first-order valence-electron chi connectivity index (χ1n) is 7.14. The molecule has 1 aromatic carbocycles. The molecule has 0 aliphatic heterocycles. The summed E-state index contributed by atoms with van der Waals surface area (Å²) in [5.41, 5.74) is 8.12. The van der Waals surface area contributed by atoms with Gasteiger partial charge in [-0.1, -0.05) is 42.5 Å². The third-order valence-corrected chi connectivity index (χ3v) is 3.51. The van der Waals surface area contributed by atoms with Crippen molar-refractivity contribution in [1.29, 1.82) is 0 Å². The van der Waals surface area contributed by atoms with Crippen molar-refractivity contribution in [3.63, 3.8) is 0 Å². The second kappa shape index (κ2) is 7.32. The summed E-state index contributed by atoms with van der Waals surface area (Å²) in [6.45, 7) is 1.91. The van der Waals surface area contributed by atoms with Crippen LogP contribution in [0.1, 0.15) is 5.56 Å². The van der Waals surface area contributed by atoms with Crippen molar-refractivity contribution in [2.45, 2.75) is 13.3 Å². The third-order valence-electron chi connectivity index (χ3n) is 3.22. The van der Waals surface area contributed by atoms with Crippen LogP contribution in [0.3, 0.4) is 0 Å². The van der Waals surface area contributed by atoms with Gasteiger partial charge in [0.2, 0.25) is 0 Å². The molecule has 0 radical (unpaired) electrons. The maximum Gasteiger partial charge on any atom is 0.200 e. The SMILES string of the molecule is Nc1nc(=S)c2ncn(COCCOCc3ccccc3)c2[nH]1. The summed E-state index contributed by atoms with van der Waals surface area (Å²) < 4.78 is 13.3. The molecule has 0 saturated carbocycles. The van der Waals surface area contributed by atoms with Gasteiger partial charge in [0, 0.05) is 0 Å². The molecule has 0 atom stereocenters. The van der Waals surface area contributed by atoms with Gasteiger partial charge in [-0.05, 0) is 5.56 Å². The lowest BCUT2D eigenvalue weighted by Gasteiger charge is -2.07. The lowest BCUT2D eigenvalue weighted by molar-refractivity contribution is 0.0147. The number of nitrogen functional groups attached to an aromatic ring is 1. The Morgan fingerprint density at radius 1 is 1.17 bits per heavy atom. The summed E-state index contributed by atoms with van der Waals surface area (Å²) >= 11 is 5.12. The van der Waals surface area contributed by atoms with Gasteiger partial charge in [-0.15, -0.1) is 0 Å². The van der Waals surface area contributed by atoms with E-state index in [2.05, 4.69) is 15.0 Å². The van der Waals surface area contributed by atoms with Gasteiger partial charge < -0.3 is 20.2 Å². The number of anilines is 1. The van der Waals surface area contributed by atoms with E-state index < -0.39 is 0 Å². The number of benzene rings is 1. The molecular formula is C15H17N5O2S. The molecule has 7 nitrogen and oxygen atoms in total. The molecule has 3 N–H and O–H groups in total. The van der Waals surface area contributed by atoms with Crippen LogP contribution in [0.5, 0.6) is 0 Å². The number of fused-ring (bicyclic) bond motifs is 1. The molecule has 0 amide bonds. The zero-order chi connectivity index (χ0) is 16.1. The van der Waals surface area contributed by atoms with Crippen LogP contribution in [0, 0.1) is 4.64 Å². The zero-order valence-corrected chi connectivity index (χ0v) is 13.3. The van der Waals surface area contributed by atoms with Gasteiger partial charge >= 0.3 is 0 Å². The smallest absolute Gasteiger partial charge is 0.200 e. The highest BCUT2D eigenvalue weighted by molar-refractivity contribution is 7.71. The van der Waals surface area contributed by atoms with Crippen LogP contribution in [0.25, 0.3) is 11.2 Å². The van der Waals surface area contributed by atoms with E-state index in [-0.39, 0.29) is 5.95 Å². The largest absolute Gasteiger partial charge is 0.374 e. The molecule has 2 aromatic heterocycles. The Morgan fingerprint density at radius 2 is 1.96 bits per heavy atom. The average Bonchev–Trinajstić information content (AvgIpc) is 2.95. The molecule has 23 heavy (non-hydrogen) atoms. The first-order valence-corrected chi connectivity index (χ1v) is 7.55. The van der Waals surface area contributed by atoms with E-state index >= 15 is 0 Å². The van der Waals surface area contributed by atoms with Gasteiger partial charge in [-0.3, -0.25) is 4.57 Å². The fourth-order valence-corrected chi connectivity index (χ4v) is 2.37. The van der Waals surface area contributed by atoms with E-state index in [1.54, 1.807) is 10.9 Å². The first-order chi connectivity index (χ1) is 11.2. The molecule has 0 spiro atoms. The van der Waals surface area contributed by atoms with Crippen LogP contribution < -0.4 is 5.73 Å². The van der Waals surface area contributed by atoms with E-state index in [0.717, 1.165) is 5.56 Å². The Morgan fingerprint density at radius 3 is 2.78 bits per heavy atom. The van der Waals surface area contributed by atoms with Crippen LogP contribution >= 0.6 is 12.2 Å². The van der Waals surface area contributed by atoms with E-state index in [1.165, 1.54) is 0 Å². The van der Waals surface area contributed by atoms with Gasteiger partial charge in [0.05, 0.1) is 26.1 Å². The third kappa shape index (κ3) is 3.92. The number of hydrogen-bond donors (Lipinski definition) is 2.